The molecule has 0 radical (unpaired) electrons. The molecule has 2 unspecified atom stereocenters. The number of likely N-dealkylation sites (N-methyl/N-ethyl adjacent to an activating group) is 1. The number of hydrogen-bond donors (Lipinski definition) is 1. The van der Waals surface area contributed by atoms with Crippen molar-refractivity contribution in [3.05, 3.63) is 0 Å². The lowest BCUT2D eigenvalue weighted by Gasteiger charge is -2.33. The molecular formula is C8H17NO2. The first-order chi connectivity index (χ1) is 5.24. The Morgan fingerprint density at radius 2 is 2.45 bits per heavy atom. The van der Waals surface area contributed by atoms with Gasteiger partial charge in [0.25, 0.3) is 0 Å². The van der Waals surface area contributed by atoms with Crippen LogP contribution in [0.4, 0.5) is 0 Å². The lowest BCUT2D eigenvalue weighted by molar-refractivity contribution is -0.0814. The molecule has 1 saturated heterocycles. The Balaban J connectivity index is 2.33. The van der Waals surface area contributed by atoms with E-state index < -0.39 is 0 Å². The number of nitrogens with zero attached hydrogens (tertiary/aromatic N) is 1. The Kier molecular flexibility index (Phi) is 3.30. The van der Waals surface area contributed by atoms with Gasteiger partial charge in [-0.15, -0.1) is 0 Å². The van der Waals surface area contributed by atoms with E-state index in [0.29, 0.717) is 0 Å². The van der Waals surface area contributed by atoms with Crippen LogP contribution in [0.1, 0.15) is 13.8 Å². The Morgan fingerprint density at radius 1 is 1.73 bits per heavy atom. The van der Waals surface area contributed by atoms with Gasteiger partial charge in [-0.1, -0.05) is 6.92 Å². The smallest absolute Gasteiger partial charge is 0.0958 e. The van der Waals surface area contributed by atoms with Crippen LogP contribution in [0.3, 0.4) is 0 Å². The standard InChI is InChI=1S/C8H17NO2/c1-3-9-4-5-11-8(6-9)7(2)10/h7-8,10H,3-6H2,1-2H3. The maximum atomic E-state index is 9.24. The topological polar surface area (TPSA) is 32.7 Å². The summed E-state index contributed by atoms with van der Waals surface area (Å²) in [6.45, 7) is 7.58. The molecule has 11 heavy (non-hydrogen) atoms. The second-order valence-corrected chi connectivity index (χ2v) is 3.04. The minimum atomic E-state index is -0.343. The second-order valence-electron chi connectivity index (χ2n) is 3.04. The molecule has 1 heterocycles. The van der Waals surface area contributed by atoms with Crippen LogP contribution in [-0.4, -0.2) is 48.5 Å². The van der Waals surface area contributed by atoms with Crippen molar-refractivity contribution in [1.29, 1.82) is 0 Å². The third-order valence-corrected chi connectivity index (χ3v) is 2.16. The summed E-state index contributed by atoms with van der Waals surface area (Å²) in [6, 6.07) is 0. The molecule has 66 valence electrons. The number of morpholine rings is 1. The highest BCUT2D eigenvalue weighted by Gasteiger charge is 2.22. The monoisotopic (exact) mass is 159 g/mol. The van der Waals surface area contributed by atoms with E-state index in [2.05, 4.69) is 11.8 Å². The van der Waals surface area contributed by atoms with Gasteiger partial charge in [-0.2, -0.15) is 0 Å². The summed E-state index contributed by atoms with van der Waals surface area (Å²) in [5.74, 6) is 0. The Hall–Kier alpha value is -0.120. The van der Waals surface area contributed by atoms with Crippen LogP contribution in [0.2, 0.25) is 0 Å². The SMILES string of the molecule is CCN1CCOC(C(C)O)C1. The minimum absolute atomic E-state index is 0.0173. The van der Waals surface area contributed by atoms with Crippen molar-refractivity contribution in [2.45, 2.75) is 26.1 Å². The Morgan fingerprint density at radius 3 is 3.00 bits per heavy atom. The van der Waals surface area contributed by atoms with Crippen LogP contribution in [0.5, 0.6) is 0 Å². The van der Waals surface area contributed by atoms with Gasteiger partial charge in [0.15, 0.2) is 0 Å². The molecule has 1 rings (SSSR count). The summed E-state index contributed by atoms with van der Waals surface area (Å²) in [4.78, 5) is 2.29. The predicted octanol–water partition coefficient (Wildman–Crippen LogP) is 0.0879. The lowest BCUT2D eigenvalue weighted by atomic mass is 10.2. The number of aliphatic hydroxyl groups excluding tert-OH is 1. The quantitative estimate of drug-likeness (QED) is 0.619. The maximum absolute atomic E-state index is 9.24. The zero-order valence-electron chi connectivity index (χ0n) is 7.29. The van der Waals surface area contributed by atoms with Gasteiger partial charge in [0.1, 0.15) is 0 Å². The van der Waals surface area contributed by atoms with Crippen molar-refractivity contribution >= 4 is 0 Å². The highest BCUT2D eigenvalue weighted by Crippen LogP contribution is 2.07. The van der Waals surface area contributed by atoms with E-state index in [1.54, 1.807) is 6.92 Å². The van der Waals surface area contributed by atoms with Crippen molar-refractivity contribution < 1.29 is 9.84 Å². The zero-order valence-corrected chi connectivity index (χ0v) is 7.29. The van der Waals surface area contributed by atoms with Crippen molar-refractivity contribution in [2.24, 2.45) is 0 Å². The van der Waals surface area contributed by atoms with Crippen molar-refractivity contribution in [3.8, 4) is 0 Å². The van der Waals surface area contributed by atoms with Gasteiger partial charge in [0, 0.05) is 13.1 Å². The van der Waals surface area contributed by atoms with Crippen LogP contribution in [0, 0.1) is 0 Å². The van der Waals surface area contributed by atoms with E-state index in [9.17, 15) is 5.11 Å². The fourth-order valence-corrected chi connectivity index (χ4v) is 1.31. The second kappa shape index (κ2) is 4.04. The number of hydrogen-bond acceptors (Lipinski definition) is 3. The van der Waals surface area contributed by atoms with E-state index in [0.717, 1.165) is 26.2 Å². The summed E-state index contributed by atoms with van der Waals surface area (Å²) in [5, 5.41) is 9.24. The normalized spacial score (nSPS) is 30.3. The number of ether oxygens (including phenoxy) is 1. The van der Waals surface area contributed by atoms with Gasteiger partial charge in [-0.25, -0.2) is 0 Å². The van der Waals surface area contributed by atoms with Crippen molar-refractivity contribution in [1.82, 2.24) is 4.90 Å². The molecule has 0 aromatic carbocycles. The van der Waals surface area contributed by atoms with Crippen LogP contribution >= 0.6 is 0 Å². The first kappa shape index (κ1) is 8.97. The largest absolute Gasteiger partial charge is 0.391 e. The predicted molar refractivity (Wildman–Crippen MR) is 43.5 cm³/mol. The highest BCUT2D eigenvalue weighted by atomic mass is 16.5. The van der Waals surface area contributed by atoms with E-state index in [4.69, 9.17) is 4.74 Å². The van der Waals surface area contributed by atoms with Crippen LogP contribution in [0.15, 0.2) is 0 Å². The molecule has 1 aliphatic rings. The molecule has 0 aromatic rings. The lowest BCUT2D eigenvalue weighted by Crippen LogP contribution is -2.46. The molecule has 1 N–H and O–H groups in total. The summed E-state index contributed by atoms with van der Waals surface area (Å²) in [5.41, 5.74) is 0. The first-order valence-corrected chi connectivity index (χ1v) is 4.26. The Labute approximate surface area is 68.0 Å². The van der Waals surface area contributed by atoms with Crippen LogP contribution in [-0.2, 0) is 4.74 Å². The molecular weight excluding hydrogens is 142 g/mol. The summed E-state index contributed by atoms with van der Waals surface area (Å²) in [7, 11) is 0. The van der Waals surface area contributed by atoms with Crippen molar-refractivity contribution in [2.75, 3.05) is 26.2 Å². The fourth-order valence-electron chi connectivity index (χ4n) is 1.31. The highest BCUT2D eigenvalue weighted by molar-refractivity contribution is 4.74. The molecule has 1 fully saturated rings. The van der Waals surface area contributed by atoms with Crippen molar-refractivity contribution in [3.63, 3.8) is 0 Å². The fraction of sp³-hybridized carbons (Fsp3) is 1.00. The third kappa shape index (κ3) is 2.43. The van der Waals surface area contributed by atoms with Gasteiger partial charge in [-0.3, -0.25) is 4.90 Å². The van der Waals surface area contributed by atoms with E-state index >= 15 is 0 Å². The molecule has 0 spiro atoms. The molecule has 0 amide bonds. The molecule has 1 aliphatic heterocycles. The summed E-state index contributed by atoms with van der Waals surface area (Å²) >= 11 is 0. The molecule has 0 bridgehead atoms. The zero-order chi connectivity index (χ0) is 8.27. The molecule has 0 aromatic heterocycles. The maximum Gasteiger partial charge on any atom is 0.0958 e. The van der Waals surface area contributed by atoms with Crippen LogP contribution < -0.4 is 0 Å². The third-order valence-electron chi connectivity index (χ3n) is 2.16. The average molecular weight is 159 g/mol. The van der Waals surface area contributed by atoms with E-state index in [-0.39, 0.29) is 12.2 Å². The van der Waals surface area contributed by atoms with Crippen LogP contribution in [0.25, 0.3) is 0 Å². The molecule has 2 atom stereocenters. The van der Waals surface area contributed by atoms with Gasteiger partial charge < -0.3 is 9.84 Å². The van der Waals surface area contributed by atoms with Gasteiger partial charge >= 0.3 is 0 Å². The van der Waals surface area contributed by atoms with E-state index in [1.165, 1.54) is 0 Å². The molecule has 3 nitrogen and oxygen atoms in total. The first-order valence-electron chi connectivity index (χ1n) is 4.26. The molecule has 3 heteroatoms. The van der Waals surface area contributed by atoms with E-state index in [1.807, 2.05) is 0 Å². The Bertz CT molecular complexity index is 117. The van der Waals surface area contributed by atoms with Gasteiger partial charge in [0.05, 0.1) is 18.8 Å². The summed E-state index contributed by atoms with van der Waals surface area (Å²) < 4.78 is 5.38. The van der Waals surface area contributed by atoms with Gasteiger partial charge in [-0.05, 0) is 13.5 Å². The van der Waals surface area contributed by atoms with Gasteiger partial charge in [0.2, 0.25) is 0 Å². The minimum Gasteiger partial charge on any atom is -0.391 e. The number of rotatable bonds is 2. The summed E-state index contributed by atoms with van der Waals surface area (Å²) in [6.07, 6.45) is -0.326. The molecule has 0 saturated carbocycles. The number of aliphatic hydroxyl groups is 1. The average Bonchev–Trinajstić information content (AvgIpc) is 2.05. The molecule has 0 aliphatic carbocycles.